The van der Waals surface area contributed by atoms with Crippen LogP contribution in [0.4, 0.5) is 0 Å². The van der Waals surface area contributed by atoms with E-state index < -0.39 is 0 Å². The highest BCUT2D eigenvalue weighted by Gasteiger charge is 2.36. The van der Waals surface area contributed by atoms with E-state index in [1.165, 1.54) is 12.8 Å². The smallest absolute Gasteiger partial charge is 0.308 e. The van der Waals surface area contributed by atoms with Crippen molar-refractivity contribution in [1.82, 2.24) is 5.32 Å². The molecule has 0 radical (unpaired) electrons. The molecule has 2 aliphatic rings. The highest BCUT2D eigenvalue weighted by molar-refractivity contribution is 5.72. The van der Waals surface area contributed by atoms with Crippen LogP contribution in [0.5, 0.6) is 0 Å². The Bertz CT molecular complexity index is 217. The number of esters is 1. The number of carbonyl (C=O) groups excluding carboxylic acids is 1. The Kier molecular flexibility index (Phi) is 3.06. The number of ether oxygens (including phenoxy) is 1. The minimum Gasteiger partial charge on any atom is -0.466 e. The van der Waals surface area contributed by atoms with Crippen LogP contribution in [0.1, 0.15) is 32.6 Å². The van der Waals surface area contributed by atoms with Gasteiger partial charge in [0.15, 0.2) is 0 Å². The Labute approximate surface area is 85.2 Å². The average molecular weight is 197 g/mol. The van der Waals surface area contributed by atoms with Gasteiger partial charge in [-0.15, -0.1) is 0 Å². The van der Waals surface area contributed by atoms with Crippen molar-refractivity contribution >= 4 is 5.97 Å². The number of hydrogen-bond donors (Lipinski definition) is 1. The van der Waals surface area contributed by atoms with E-state index >= 15 is 0 Å². The molecule has 2 rings (SSSR count). The fraction of sp³-hybridized carbons (Fsp3) is 0.909. The van der Waals surface area contributed by atoms with Gasteiger partial charge >= 0.3 is 5.97 Å². The van der Waals surface area contributed by atoms with Gasteiger partial charge in [-0.2, -0.15) is 0 Å². The Morgan fingerprint density at radius 3 is 3.07 bits per heavy atom. The van der Waals surface area contributed by atoms with Crippen molar-refractivity contribution in [2.45, 2.75) is 38.6 Å². The molecule has 1 N–H and O–H groups in total. The van der Waals surface area contributed by atoms with Crippen LogP contribution in [0.3, 0.4) is 0 Å². The summed E-state index contributed by atoms with van der Waals surface area (Å²) in [6.07, 6.45) is 4.51. The Hall–Kier alpha value is -0.570. The van der Waals surface area contributed by atoms with Crippen LogP contribution in [0.15, 0.2) is 0 Å². The highest BCUT2D eigenvalue weighted by atomic mass is 16.5. The van der Waals surface area contributed by atoms with Crippen molar-refractivity contribution in [3.63, 3.8) is 0 Å². The van der Waals surface area contributed by atoms with Crippen molar-refractivity contribution in [3.05, 3.63) is 0 Å². The zero-order chi connectivity index (χ0) is 9.97. The van der Waals surface area contributed by atoms with Gasteiger partial charge in [0.05, 0.1) is 12.5 Å². The van der Waals surface area contributed by atoms with Gasteiger partial charge in [0.1, 0.15) is 0 Å². The molecule has 1 aliphatic carbocycles. The van der Waals surface area contributed by atoms with Crippen LogP contribution in [0.2, 0.25) is 0 Å². The van der Waals surface area contributed by atoms with Crippen molar-refractivity contribution in [2.75, 3.05) is 13.2 Å². The van der Waals surface area contributed by atoms with E-state index in [4.69, 9.17) is 4.74 Å². The van der Waals surface area contributed by atoms with E-state index in [9.17, 15) is 4.79 Å². The van der Waals surface area contributed by atoms with Crippen LogP contribution in [-0.4, -0.2) is 25.2 Å². The topological polar surface area (TPSA) is 38.3 Å². The van der Waals surface area contributed by atoms with E-state index in [1.807, 2.05) is 6.92 Å². The third-order valence-electron chi connectivity index (χ3n) is 3.53. The monoisotopic (exact) mass is 197 g/mol. The molecule has 0 unspecified atom stereocenters. The van der Waals surface area contributed by atoms with Gasteiger partial charge in [0, 0.05) is 6.04 Å². The van der Waals surface area contributed by atoms with Gasteiger partial charge in [-0.3, -0.25) is 4.79 Å². The molecule has 0 bridgehead atoms. The zero-order valence-corrected chi connectivity index (χ0v) is 8.79. The second kappa shape index (κ2) is 4.30. The maximum atomic E-state index is 11.5. The molecule has 3 nitrogen and oxygen atoms in total. The van der Waals surface area contributed by atoms with E-state index in [-0.39, 0.29) is 11.9 Å². The summed E-state index contributed by atoms with van der Waals surface area (Å²) in [5.74, 6) is 0.988. The lowest BCUT2D eigenvalue weighted by Crippen LogP contribution is -2.36. The second-order valence-corrected chi connectivity index (χ2v) is 4.37. The standard InChI is InChI=1S/C11H19NO2/c1-2-14-11(13)9-4-3-8-5-6-12-10(8)7-9/h8-10,12H,2-7H2,1H3/t8-,9+,10-/m0/s1. The summed E-state index contributed by atoms with van der Waals surface area (Å²) < 4.78 is 5.06. The van der Waals surface area contributed by atoms with Crippen molar-refractivity contribution in [1.29, 1.82) is 0 Å². The molecular formula is C11H19NO2. The van der Waals surface area contributed by atoms with Crippen molar-refractivity contribution in [2.24, 2.45) is 11.8 Å². The maximum absolute atomic E-state index is 11.5. The summed E-state index contributed by atoms with van der Waals surface area (Å²) in [7, 11) is 0. The number of hydrogen-bond acceptors (Lipinski definition) is 3. The molecule has 3 atom stereocenters. The van der Waals surface area contributed by atoms with Gasteiger partial charge < -0.3 is 10.1 Å². The molecule has 80 valence electrons. The predicted octanol–water partition coefficient (Wildman–Crippen LogP) is 1.33. The van der Waals surface area contributed by atoms with Crippen LogP contribution >= 0.6 is 0 Å². The number of rotatable bonds is 2. The summed E-state index contributed by atoms with van der Waals surface area (Å²) in [6.45, 7) is 3.51. The molecule has 1 heterocycles. The number of carbonyl (C=O) groups is 1. The fourth-order valence-corrected chi connectivity index (χ4v) is 2.76. The first-order valence-electron chi connectivity index (χ1n) is 5.71. The summed E-state index contributed by atoms with van der Waals surface area (Å²) in [5.41, 5.74) is 0. The SMILES string of the molecule is CCOC(=O)[C@@H]1CC[C@H]2CCN[C@H]2C1. The minimum absolute atomic E-state index is 0.0136. The summed E-state index contributed by atoms with van der Waals surface area (Å²) in [5, 5.41) is 3.48. The minimum atomic E-state index is 0.0136. The quantitative estimate of drug-likeness (QED) is 0.679. The first kappa shape index (κ1) is 9.97. The lowest BCUT2D eigenvalue weighted by Gasteiger charge is -2.30. The fourth-order valence-electron chi connectivity index (χ4n) is 2.76. The van der Waals surface area contributed by atoms with Gasteiger partial charge in [0.25, 0.3) is 0 Å². The molecule has 14 heavy (non-hydrogen) atoms. The molecule has 1 saturated carbocycles. The molecule has 0 aromatic carbocycles. The molecule has 0 spiro atoms. The molecule has 0 aromatic rings. The first-order valence-corrected chi connectivity index (χ1v) is 5.71. The molecule has 0 amide bonds. The van der Waals surface area contributed by atoms with Gasteiger partial charge in [0.2, 0.25) is 0 Å². The highest BCUT2D eigenvalue weighted by Crippen LogP contribution is 2.34. The predicted molar refractivity (Wildman–Crippen MR) is 53.9 cm³/mol. The third kappa shape index (κ3) is 1.92. The molecule has 2 fully saturated rings. The van der Waals surface area contributed by atoms with E-state index in [0.29, 0.717) is 12.6 Å². The Balaban J connectivity index is 1.87. The Morgan fingerprint density at radius 1 is 1.43 bits per heavy atom. The van der Waals surface area contributed by atoms with Crippen LogP contribution < -0.4 is 5.32 Å². The summed E-state index contributed by atoms with van der Waals surface area (Å²) in [6, 6.07) is 0.582. The van der Waals surface area contributed by atoms with Gasteiger partial charge in [-0.25, -0.2) is 0 Å². The van der Waals surface area contributed by atoms with Crippen LogP contribution in [0, 0.1) is 11.8 Å². The average Bonchev–Trinajstić information content (AvgIpc) is 2.64. The second-order valence-electron chi connectivity index (χ2n) is 4.37. The Morgan fingerprint density at radius 2 is 2.29 bits per heavy atom. The molecule has 0 aromatic heterocycles. The number of fused-ring (bicyclic) bond motifs is 1. The maximum Gasteiger partial charge on any atom is 0.308 e. The van der Waals surface area contributed by atoms with Gasteiger partial charge in [-0.05, 0) is 45.1 Å². The zero-order valence-electron chi connectivity index (χ0n) is 8.79. The van der Waals surface area contributed by atoms with E-state index in [2.05, 4.69) is 5.32 Å². The van der Waals surface area contributed by atoms with Crippen LogP contribution in [-0.2, 0) is 9.53 Å². The lowest BCUT2D eigenvalue weighted by molar-refractivity contribution is -0.149. The van der Waals surface area contributed by atoms with Gasteiger partial charge in [-0.1, -0.05) is 0 Å². The molecular weight excluding hydrogens is 178 g/mol. The number of nitrogens with one attached hydrogen (secondary N) is 1. The van der Waals surface area contributed by atoms with E-state index in [0.717, 1.165) is 25.3 Å². The van der Waals surface area contributed by atoms with Crippen LogP contribution in [0.25, 0.3) is 0 Å². The lowest BCUT2D eigenvalue weighted by atomic mass is 9.79. The third-order valence-corrected chi connectivity index (χ3v) is 3.53. The van der Waals surface area contributed by atoms with E-state index in [1.54, 1.807) is 0 Å². The van der Waals surface area contributed by atoms with Crippen molar-refractivity contribution < 1.29 is 9.53 Å². The normalized spacial score (nSPS) is 36.5. The largest absolute Gasteiger partial charge is 0.466 e. The van der Waals surface area contributed by atoms with Crippen molar-refractivity contribution in [3.8, 4) is 0 Å². The summed E-state index contributed by atoms with van der Waals surface area (Å²) in [4.78, 5) is 11.5. The summed E-state index contributed by atoms with van der Waals surface area (Å²) >= 11 is 0. The molecule has 1 aliphatic heterocycles. The first-order chi connectivity index (χ1) is 6.81. The molecule has 1 saturated heterocycles. The molecule has 3 heteroatoms.